The first-order chi connectivity index (χ1) is 14.3. The number of carbonyl (C=O) groups excluding carboxylic acids is 1. The summed E-state index contributed by atoms with van der Waals surface area (Å²) in [5.41, 5.74) is 1.20. The lowest BCUT2D eigenvalue weighted by molar-refractivity contribution is -0.137. The number of H-pyrrole nitrogens is 1. The maximum absolute atomic E-state index is 12.8. The summed E-state index contributed by atoms with van der Waals surface area (Å²) < 4.78 is 38.5. The smallest absolute Gasteiger partial charge is 0.342 e. The average molecular weight is 411 g/mol. The minimum absolute atomic E-state index is 0.297. The second-order valence-corrected chi connectivity index (χ2v) is 6.78. The predicted molar refractivity (Wildman–Crippen MR) is 104 cm³/mol. The van der Waals surface area contributed by atoms with E-state index in [4.69, 9.17) is 0 Å². The van der Waals surface area contributed by atoms with Gasteiger partial charge in [0, 0.05) is 5.56 Å². The van der Waals surface area contributed by atoms with Gasteiger partial charge in [0.25, 0.3) is 5.91 Å². The molecule has 0 saturated heterocycles. The molecule has 1 atom stereocenters. The number of aromatic amines is 1. The van der Waals surface area contributed by atoms with Gasteiger partial charge in [-0.3, -0.25) is 4.79 Å². The first-order valence-electron chi connectivity index (χ1n) is 9.07. The fourth-order valence-corrected chi connectivity index (χ4v) is 3.21. The van der Waals surface area contributed by atoms with Crippen molar-refractivity contribution >= 4 is 16.7 Å². The Morgan fingerprint density at radius 2 is 1.83 bits per heavy atom. The van der Waals surface area contributed by atoms with Crippen molar-refractivity contribution in [2.75, 3.05) is 0 Å². The predicted octanol–water partition coefficient (Wildman–Crippen LogP) is 4.53. The minimum atomic E-state index is -4.38. The Morgan fingerprint density at radius 1 is 1.07 bits per heavy atom. The van der Waals surface area contributed by atoms with E-state index in [1.54, 1.807) is 31.2 Å². The largest absolute Gasteiger partial charge is 0.416 e. The lowest BCUT2D eigenvalue weighted by atomic mass is 9.96. The number of fused-ring (bicyclic) bond motifs is 1. The van der Waals surface area contributed by atoms with E-state index in [9.17, 15) is 18.0 Å². The normalized spacial score (nSPS) is 12.7. The van der Waals surface area contributed by atoms with Gasteiger partial charge in [0.15, 0.2) is 5.82 Å². The summed E-state index contributed by atoms with van der Waals surface area (Å²) in [6.07, 6.45) is -4.38. The van der Waals surface area contributed by atoms with Gasteiger partial charge in [0.1, 0.15) is 0 Å². The second-order valence-electron chi connectivity index (χ2n) is 6.78. The summed E-state index contributed by atoms with van der Waals surface area (Å²) >= 11 is 0. The number of aromatic nitrogens is 4. The number of halogens is 3. The monoisotopic (exact) mass is 411 g/mol. The molecule has 0 saturated carbocycles. The molecule has 0 aliphatic rings. The molecule has 1 aromatic heterocycles. The SMILES string of the molecule is C[C@@H](NC(=O)c1ccc2c(-c3ccc(C(F)(F)F)cc3)cccc2c1)c1nn[nH]n1. The van der Waals surface area contributed by atoms with Gasteiger partial charge in [-0.05, 0) is 53.1 Å². The molecule has 6 nitrogen and oxygen atoms in total. The Morgan fingerprint density at radius 3 is 2.50 bits per heavy atom. The highest BCUT2D eigenvalue weighted by atomic mass is 19.4. The minimum Gasteiger partial charge on any atom is -0.342 e. The Bertz CT molecular complexity index is 1190. The molecular formula is C21H16F3N5O. The molecular weight excluding hydrogens is 395 g/mol. The van der Waals surface area contributed by atoms with E-state index in [1.165, 1.54) is 12.1 Å². The van der Waals surface area contributed by atoms with Crippen molar-refractivity contribution in [3.63, 3.8) is 0 Å². The van der Waals surface area contributed by atoms with Crippen LogP contribution in [0.25, 0.3) is 21.9 Å². The zero-order valence-electron chi connectivity index (χ0n) is 15.7. The maximum Gasteiger partial charge on any atom is 0.416 e. The van der Waals surface area contributed by atoms with Gasteiger partial charge in [-0.1, -0.05) is 41.6 Å². The van der Waals surface area contributed by atoms with E-state index >= 15 is 0 Å². The number of nitrogens with zero attached hydrogens (tertiary/aromatic N) is 3. The van der Waals surface area contributed by atoms with Crippen LogP contribution in [0.1, 0.15) is 34.7 Å². The third-order valence-corrected chi connectivity index (χ3v) is 4.76. The van der Waals surface area contributed by atoms with Crippen LogP contribution < -0.4 is 5.32 Å². The maximum atomic E-state index is 12.8. The number of hydrogen-bond donors (Lipinski definition) is 2. The van der Waals surface area contributed by atoms with Gasteiger partial charge in [-0.25, -0.2) is 0 Å². The van der Waals surface area contributed by atoms with Crippen molar-refractivity contribution < 1.29 is 18.0 Å². The molecule has 0 bridgehead atoms. The van der Waals surface area contributed by atoms with Crippen LogP contribution in [0.3, 0.4) is 0 Å². The van der Waals surface area contributed by atoms with Crippen LogP contribution in [-0.4, -0.2) is 26.5 Å². The van der Waals surface area contributed by atoms with Gasteiger partial charge in [-0.15, -0.1) is 10.2 Å². The number of tetrazole rings is 1. The van der Waals surface area contributed by atoms with Crippen molar-refractivity contribution in [2.24, 2.45) is 0 Å². The van der Waals surface area contributed by atoms with Crippen molar-refractivity contribution in [1.82, 2.24) is 25.9 Å². The van der Waals surface area contributed by atoms with Gasteiger partial charge in [0.2, 0.25) is 0 Å². The Hall–Kier alpha value is -3.75. The molecule has 3 aromatic carbocycles. The summed E-state index contributed by atoms with van der Waals surface area (Å²) in [5, 5.41) is 17.9. The van der Waals surface area contributed by atoms with E-state index in [1.807, 2.05) is 12.1 Å². The molecule has 4 rings (SSSR count). The Balaban J connectivity index is 1.63. The topological polar surface area (TPSA) is 83.6 Å². The summed E-state index contributed by atoms with van der Waals surface area (Å²) in [5.74, 6) is 0.0721. The molecule has 0 spiro atoms. The van der Waals surface area contributed by atoms with E-state index < -0.39 is 17.8 Å². The summed E-state index contributed by atoms with van der Waals surface area (Å²) in [4.78, 5) is 12.6. The highest BCUT2D eigenvalue weighted by molar-refractivity contribution is 6.02. The zero-order chi connectivity index (χ0) is 21.3. The van der Waals surface area contributed by atoms with Crippen LogP contribution >= 0.6 is 0 Å². The van der Waals surface area contributed by atoms with Gasteiger partial charge < -0.3 is 5.32 Å². The number of rotatable bonds is 4. The van der Waals surface area contributed by atoms with Gasteiger partial charge in [0.05, 0.1) is 11.6 Å². The van der Waals surface area contributed by atoms with Crippen molar-refractivity contribution in [3.8, 4) is 11.1 Å². The molecule has 0 unspecified atom stereocenters. The fraction of sp³-hybridized carbons (Fsp3) is 0.143. The number of carbonyl (C=O) groups is 1. The van der Waals surface area contributed by atoms with E-state index in [0.29, 0.717) is 17.0 Å². The van der Waals surface area contributed by atoms with Gasteiger partial charge >= 0.3 is 6.18 Å². The third-order valence-electron chi connectivity index (χ3n) is 4.76. The molecule has 0 aliphatic heterocycles. The zero-order valence-corrected chi connectivity index (χ0v) is 15.7. The van der Waals surface area contributed by atoms with Crippen LogP contribution in [0.2, 0.25) is 0 Å². The highest BCUT2D eigenvalue weighted by Crippen LogP contribution is 2.33. The Labute approximate surface area is 169 Å². The number of nitrogens with one attached hydrogen (secondary N) is 2. The molecule has 0 aliphatic carbocycles. The second kappa shape index (κ2) is 7.58. The van der Waals surface area contributed by atoms with E-state index in [0.717, 1.165) is 28.5 Å². The first kappa shape index (κ1) is 19.6. The van der Waals surface area contributed by atoms with E-state index in [2.05, 4.69) is 25.9 Å². The third kappa shape index (κ3) is 3.86. The number of amides is 1. The standard InChI is InChI=1S/C21H16F3N5O/c1-12(19-26-28-29-27-19)25-20(30)15-7-10-18-14(11-15)3-2-4-17(18)13-5-8-16(9-6-13)21(22,23)24/h2-12H,1H3,(H,25,30)(H,26,27,28,29)/t12-/m1/s1. The molecule has 152 valence electrons. The molecule has 4 aromatic rings. The lowest BCUT2D eigenvalue weighted by Crippen LogP contribution is -2.27. The summed E-state index contributed by atoms with van der Waals surface area (Å²) in [7, 11) is 0. The molecule has 1 amide bonds. The van der Waals surface area contributed by atoms with Gasteiger partial charge in [-0.2, -0.15) is 18.4 Å². The number of hydrogen-bond acceptors (Lipinski definition) is 4. The van der Waals surface area contributed by atoms with Crippen molar-refractivity contribution in [2.45, 2.75) is 19.1 Å². The van der Waals surface area contributed by atoms with Crippen molar-refractivity contribution in [1.29, 1.82) is 0 Å². The number of alkyl halides is 3. The molecule has 9 heteroatoms. The van der Waals surface area contributed by atoms with Crippen LogP contribution in [0.4, 0.5) is 13.2 Å². The molecule has 0 radical (unpaired) electrons. The molecule has 1 heterocycles. The Kier molecular flexibility index (Phi) is 4.94. The van der Waals surface area contributed by atoms with Crippen molar-refractivity contribution in [3.05, 3.63) is 77.6 Å². The van der Waals surface area contributed by atoms with Crippen LogP contribution in [0.15, 0.2) is 60.7 Å². The van der Waals surface area contributed by atoms with Crippen LogP contribution in [0, 0.1) is 0 Å². The average Bonchev–Trinajstić information content (AvgIpc) is 3.27. The summed E-state index contributed by atoms with van der Waals surface area (Å²) in [6.45, 7) is 1.74. The lowest BCUT2D eigenvalue weighted by Gasteiger charge is -2.12. The quantitative estimate of drug-likeness (QED) is 0.517. The number of benzene rings is 3. The first-order valence-corrected chi connectivity index (χ1v) is 9.07. The fourth-order valence-electron chi connectivity index (χ4n) is 3.21. The molecule has 30 heavy (non-hydrogen) atoms. The molecule has 2 N–H and O–H groups in total. The summed E-state index contributed by atoms with van der Waals surface area (Å²) in [6, 6.07) is 15.3. The van der Waals surface area contributed by atoms with Crippen LogP contribution in [-0.2, 0) is 6.18 Å². The van der Waals surface area contributed by atoms with Crippen LogP contribution in [0.5, 0.6) is 0 Å². The molecule has 0 fully saturated rings. The van der Waals surface area contributed by atoms with E-state index in [-0.39, 0.29) is 5.91 Å². The highest BCUT2D eigenvalue weighted by Gasteiger charge is 2.30.